The van der Waals surface area contributed by atoms with Crippen LogP contribution < -0.4 is 16.9 Å². The molecule has 2 rings (SSSR count). The molecule has 1 amide bonds. The Balaban J connectivity index is 2.48. The fourth-order valence-electron chi connectivity index (χ4n) is 2.06. The number of rotatable bonds is 3. The lowest BCUT2D eigenvalue weighted by molar-refractivity contribution is -0.384. The van der Waals surface area contributed by atoms with Crippen LogP contribution in [-0.2, 0) is 4.79 Å². The zero-order valence-electron chi connectivity index (χ0n) is 11.2. The maximum absolute atomic E-state index is 11.2. The van der Waals surface area contributed by atoms with Crippen molar-refractivity contribution >= 4 is 29.0 Å². The number of hydrogen-bond acceptors (Lipinski definition) is 5. The molecule has 1 atom stereocenters. The van der Waals surface area contributed by atoms with E-state index in [1.54, 1.807) is 6.07 Å². The molecule has 0 aromatic heterocycles. The SMILES string of the molecule is CC1CC(=O)NN=C1c1ccc(N=C(N)N)c([N+](=O)[O-])c1. The topological polar surface area (TPSA) is 149 Å². The lowest BCUT2D eigenvalue weighted by Crippen LogP contribution is -2.31. The highest BCUT2D eigenvalue weighted by Gasteiger charge is 2.24. The molecule has 21 heavy (non-hydrogen) atoms. The largest absolute Gasteiger partial charge is 0.370 e. The maximum Gasteiger partial charge on any atom is 0.295 e. The van der Waals surface area contributed by atoms with Crippen molar-refractivity contribution in [2.75, 3.05) is 0 Å². The lowest BCUT2D eigenvalue weighted by atomic mass is 9.93. The molecule has 1 aliphatic rings. The number of nitrogens with zero attached hydrogens (tertiary/aromatic N) is 3. The van der Waals surface area contributed by atoms with Crippen LogP contribution in [0.3, 0.4) is 0 Å². The summed E-state index contributed by atoms with van der Waals surface area (Å²) in [7, 11) is 0. The van der Waals surface area contributed by atoms with Gasteiger partial charge in [-0.15, -0.1) is 0 Å². The summed E-state index contributed by atoms with van der Waals surface area (Å²) in [6.45, 7) is 1.83. The molecule has 0 aliphatic carbocycles. The van der Waals surface area contributed by atoms with E-state index in [9.17, 15) is 14.9 Å². The van der Waals surface area contributed by atoms with Crippen molar-refractivity contribution in [3.8, 4) is 0 Å². The highest BCUT2D eigenvalue weighted by atomic mass is 16.6. The molecule has 0 saturated carbocycles. The summed E-state index contributed by atoms with van der Waals surface area (Å²) < 4.78 is 0. The van der Waals surface area contributed by atoms with Gasteiger partial charge >= 0.3 is 0 Å². The summed E-state index contributed by atoms with van der Waals surface area (Å²) in [6, 6.07) is 4.41. The highest BCUT2D eigenvalue weighted by Crippen LogP contribution is 2.30. The number of carbonyl (C=O) groups is 1. The van der Waals surface area contributed by atoms with Crippen LogP contribution >= 0.6 is 0 Å². The Hall–Kier alpha value is -2.97. The van der Waals surface area contributed by atoms with Gasteiger partial charge in [0.1, 0.15) is 5.69 Å². The van der Waals surface area contributed by atoms with E-state index >= 15 is 0 Å². The van der Waals surface area contributed by atoms with Crippen molar-refractivity contribution in [3.63, 3.8) is 0 Å². The van der Waals surface area contributed by atoms with E-state index < -0.39 is 4.92 Å². The van der Waals surface area contributed by atoms with Crippen LogP contribution in [0.1, 0.15) is 18.9 Å². The third kappa shape index (κ3) is 3.14. The number of carbonyl (C=O) groups excluding carboxylic acids is 1. The monoisotopic (exact) mass is 290 g/mol. The molecular weight excluding hydrogens is 276 g/mol. The van der Waals surface area contributed by atoms with Gasteiger partial charge in [0.2, 0.25) is 5.91 Å². The van der Waals surface area contributed by atoms with Crippen LogP contribution in [-0.4, -0.2) is 22.5 Å². The molecule has 9 heteroatoms. The van der Waals surface area contributed by atoms with Crippen LogP contribution in [0.15, 0.2) is 28.3 Å². The van der Waals surface area contributed by atoms with Gasteiger partial charge in [-0.2, -0.15) is 5.10 Å². The number of nitro benzene ring substituents is 1. The summed E-state index contributed by atoms with van der Waals surface area (Å²) in [4.78, 5) is 25.5. The fraction of sp³-hybridized carbons (Fsp3) is 0.250. The molecule has 0 spiro atoms. The van der Waals surface area contributed by atoms with Gasteiger partial charge in [-0.3, -0.25) is 14.9 Å². The Labute approximate surface area is 119 Å². The molecule has 1 aliphatic heterocycles. The van der Waals surface area contributed by atoms with Crippen molar-refractivity contribution in [1.82, 2.24) is 5.43 Å². The molecule has 9 nitrogen and oxygen atoms in total. The van der Waals surface area contributed by atoms with Crippen LogP contribution in [0, 0.1) is 16.0 Å². The highest BCUT2D eigenvalue weighted by molar-refractivity contribution is 6.06. The molecule has 0 saturated heterocycles. The molecular formula is C12H14N6O3. The van der Waals surface area contributed by atoms with Gasteiger partial charge in [0.15, 0.2) is 5.96 Å². The summed E-state index contributed by atoms with van der Waals surface area (Å²) in [5, 5.41) is 15.1. The number of hydrazone groups is 1. The fourth-order valence-corrected chi connectivity index (χ4v) is 2.06. The quantitative estimate of drug-likeness (QED) is 0.318. The minimum atomic E-state index is -0.572. The van der Waals surface area contributed by atoms with E-state index in [4.69, 9.17) is 11.5 Å². The number of guanidine groups is 1. The molecule has 0 fully saturated rings. The molecule has 1 unspecified atom stereocenters. The van der Waals surface area contributed by atoms with Gasteiger partial charge in [0.25, 0.3) is 5.69 Å². The molecule has 1 aromatic rings. The molecule has 5 N–H and O–H groups in total. The second-order valence-electron chi connectivity index (χ2n) is 4.63. The summed E-state index contributed by atoms with van der Waals surface area (Å²) >= 11 is 0. The van der Waals surface area contributed by atoms with E-state index in [0.29, 0.717) is 11.3 Å². The smallest absolute Gasteiger partial charge is 0.295 e. The van der Waals surface area contributed by atoms with Crippen molar-refractivity contribution in [3.05, 3.63) is 33.9 Å². The third-order valence-corrected chi connectivity index (χ3v) is 2.98. The minimum absolute atomic E-state index is 0.0665. The van der Waals surface area contributed by atoms with Gasteiger partial charge in [-0.05, 0) is 6.07 Å². The maximum atomic E-state index is 11.2. The summed E-state index contributed by atoms with van der Waals surface area (Å²) in [5.74, 6) is -0.577. The van der Waals surface area contributed by atoms with Gasteiger partial charge in [0, 0.05) is 24.0 Å². The first-order chi connectivity index (χ1) is 9.88. The molecule has 110 valence electrons. The Morgan fingerprint density at radius 1 is 1.52 bits per heavy atom. The van der Waals surface area contributed by atoms with Crippen molar-refractivity contribution in [1.29, 1.82) is 0 Å². The number of nitrogens with one attached hydrogen (secondary N) is 1. The summed E-state index contributed by atoms with van der Waals surface area (Å²) in [6.07, 6.45) is 0.280. The molecule has 1 aromatic carbocycles. The Kier molecular flexibility index (Phi) is 3.83. The van der Waals surface area contributed by atoms with E-state index in [0.717, 1.165) is 0 Å². The number of hydrogen-bond donors (Lipinski definition) is 3. The standard InChI is InChI=1S/C12H14N6O3/c1-6-4-10(19)16-17-11(6)7-2-3-8(15-12(13)14)9(5-7)18(20)21/h2-3,5-6H,4H2,1H3,(H,16,19)(H4,13,14,15). The summed E-state index contributed by atoms with van der Waals surface area (Å²) in [5.41, 5.74) is 13.8. The van der Waals surface area contributed by atoms with Crippen LogP contribution in [0.2, 0.25) is 0 Å². The minimum Gasteiger partial charge on any atom is -0.370 e. The predicted molar refractivity (Wildman–Crippen MR) is 77.0 cm³/mol. The number of nitro groups is 1. The van der Waals surface area contributed by atoms with Crippen LogP contribution in [0.25, 0.3) is 0 Å². The molecule has 0 bridgehead atoms. The van der Waals surface area contributed by atoms with Crippen LogP contribution in [0.4, 0.5) is 11.4 Å². The van der Waals surface area contributed by atoms with Gasteiger partial charge in [0.05, 0.1) is 10.6 Å². The zero-order valence-corrected chi connectivity index (χ0v) is 11.2. The van der Waals surface area contributed by atoms with E-state index in [-0.39, 0.29) is 35.6 Å². The molecule has 1 heterocycles. The first kappa shape index (κ1) is 14.4. The zero-order chi connectivity index (χ0) is 15.6. The first-order valence-corrected chi connectivity index (χ1v) is 6.13. The number of aliphatic imine (C=N–C) groups is 1. The molecule has 0 radical (unpaired) electrons. The first-order valence-electron chi connectivity index (χ1n) is 6.13. The lowest BCUT2D eigenvalue weighted by Gasteiger charge is -2.19. The van der Waals surface area contributed by atoms with E-state index in [1.165, 1.54) is 12.1 Å². The normalized spacial score (nSPS) is 17.7. The Bertz CT molecular complexity index is 663. The Morgan fingerprint density at radius 3 is 2.81 bits per heavy atom. The van der Waals surface area contributed by atoms with Gasteiger partial charge in [-0.1, -0.05) is 13.0 Å². The van der Waals surface area contributed by atoms with E-state index in [2.05, 4.69) is 15.5 Å². The van der Waals surface area contributed by atoms with Gasteiger partial charge in [-0.25, -0.2) is 10.4 Å². The van der Waals surface area contributed by atoms with Crippen molar-refractivity contribution in [2.24, 2.45) is 27.5 Å². The average Bonchev–Trinajstić information content (AvgIpc) is 2.38. The van der Waals surface area contributed by atoms with Crippen molar-refractivity contribution < 1.29 is 9.72 Å². The number of benzene rings is 1. The second kappa shape index (κ2) is 5.57. The Morgan fingerprint density at radius 2 is 2.24 bits per heavy atom. The third-order valence-electron chi connectivity index (χ3n) is 2.98. The van der Waals surface area contributed by atoms with Crippen molar-refractivity contribution in [2.45, 2.75) is 13.3 Å². The van der Waals surface area contributed by atoms with Crippen LogP contribution in [0.5, 0.6) is 0 Å². The number of nitrogens with two attached hydrogens (primary N) is 2. The number of amides is 1. The van der Waals surface area contributed by atoms with E-state index in [1.807, 2.05) is 6.92 Å². The van der Waals surface area contributed by atoms with Gasteiger partial charge < -0.3 is 11.5 Å². The second-order valence-corrected chi connectivity index (χ2v) is 4.63. The predicted octanol–water partition coefficient (Wildman–Crippen LogP) is 0.360. The average molecular weight is 290 g/mol.